The summed E-state index contributed by atoms with van der Waals surface area (Å²) in [7, 11) is 0. The fourth-order valence-electron chi connectivity index (χ4n) is 4.24. The number of fused-ring (bicyclic) bond motifs is 1. The molecule has 1 heterocycles. The molecule has 2 unspecified atom stereocenters. The molecule has 2 aliphatic rings. The Balaban J connectivity index is 2.26. The summed E-state index contributed by atoms with van der Waals surface area (Å²) in [6, 6.07) is 0. The first kappa shape index (κ1) is 23.1. The predicted octanol–water partition coefficient (Wildman–Crippen LogP) is 3.45. The number of nitrogens with zero attached hydrogens (tertiary/aromatic N) is 1. The smallest absolute Gasteiger partial charge is 0.311 e. The van der Waals surface area contributed by atoms with Crippen molar-refractivity contribution >= 4 is 5.97 Å². The highest BCUT2D eigenvalue weighted by atomic mass is 16.6. The molecule has 2 rings (SSSR count). The standard InChI is InChI=1S/C23H39NO4/c1-5-7-11-24(12-8-6-2)15-18-22-20(26)13-16(3)9-10-19(25)17(4)14-21(22)28-23(18)27/h13-14,18-22,25-26H,5-12,15H2,1-4H3/b16-13+,17-14+/t18?,19-,20+,21-,22?/m0/s1. The third-order valence-electron chi connectivity index (χ3n) is 6.12. The lowest BCUT2D eigenvalue weighted by atomic mass is 9.82. The topological polar surface area (TPSA) is 70.0 Å². The molecular formula is C23H39NO4. The van der Waals surface area contributed by atoms with Crippen molar-refractivity contribution < 1.29 is 19.7 Å². The molecule has 1 saturated heterocycles. The molecule has 0 amide bonds. The van der Waals surface area contributed by atoms with E-state index in [1.807, 2.05) is 26.0 Å². The average molecular weight is 394 g/mol. The van der Waals surface area contributed by atoms with Crippen molar-refractivity contribution in [3.8, 4) is 0 Å². The molecule has 5 nitrogen and oxygen atoms in total. The van der Waals surface area contributed by atoms with Crippen LogP contribution in [-0.4, -0.2) is 59.0 Å². The second-order valence-electron chi connectivity index (χ2n) is 8.56. The quantitative estimate of drug-likeness (QED) is 0.488. The summed E-state index contributed by atoms with van der Waals surface area (Å²) in [6.07, 6.45) is 7.77. The van der Waals surface area contributed by atoms with Gasteiger partial charge in [-0.05, 0) is 64.3 Å². The van der Waals surface area contributed by atoms with Crippen LogP contribution in [0.2, 0.25) is 0 Å². The van der Waals surface area contributed by atoms with Crippen molar-refractivity contribution in [2.75, 3.05) is 19.6 Å². The second-order valence-corrected chi connectivity index (χ2v) is 8.56. The zero-order chi connectivity index (χ0) is 20.7. The van der Waals surface area contributed by atoms with Gasteiger partial charge in [-0.2, -0.15) is 0 Å². The molecular weight excluding hydrogens is 354 g/mol. The number of esters is 1. The molecule has 0 aromatic rings. The first-order chi connectivity index (χ1) is 13.4. The minimum atomic E-state index is -0.722. The Bertz CT molecular complexity index is 563. The maximum absolute atomic E-state index is 12.8. The van der Waals surface area contributed by atoms with Gasteiger partial charge in [-0.25, -0.2) is 0 Å². The number of hydrogen-bond donors (Lipinski definition) is 2. The van der Waals surface area contributed by atoms with E-state index in [2.05, 4.69) is 18.7 Å². The Hall–Kier alpha value is -1.17. The molecule has 0 aromatic heterocycles. The van der Waals surface area contributed by atoms with Gasteiger partial charge in [0.2, 0.25) is 0 Å². The number of allylic oxidation sites excluding steroid dienone is 1. The van der Waals surface area contributed by atoms with Crippen LogP contribution in [0.5, 0.6) is 0 Å². The number of carbonyl (C=O) groups excluding carboxylic acids is 1. The van der Waals surface area contributed by atoms with Gasteiger partial charge in [-0.3, -0.25) is 4.79 Å². The minimum absolute atomic E-state index is 0.226. The van der Waals surface area contributed by atoms with E-state index in [9.17, 15) is 15.0 Å². The molecule has 0 bridgehead atoms. The lowest BCUT2D eigenvalue weighted by Gasteiger charge is -2.29. The number of aliphatic hydroxyl groups excluding tert-OH is 2. The fraction of sp³-hybridized carbons (Fsp3) is 0.783. The molecule has 0 spiro atoms. The van der Waals surface area contributed by atoms with Crippen molar-refractivity contribution in [2.45, 2.75) is 84.5 Å². The van der Waals surface area contributed by atoms with Gasteiger partial charge in [0, 0.05) is 12.5 Å². The highest BCUT2D eigenvalue weighted by molar-refractivity contribution is 5.76. The molecule has 1 aliphatic heterocycles. The van der Waals surface area contributed by atoms with Crippen LogP contribution in [0.15, 0.2) is 23.3 Å². The third kappa shape index (κ3) is 6.16. The molecule has 0 aromatic carbocycles. The molecule has 160 valence electrons. The molecule has 28 heavy (non-hydrogen) atoms. The van der Waals surface area contributed by atoms with Crippen molar-refractivity contribution in [2.24, 2.45) is 11.8 Å². The summed E-state index contributed by atoms with van der Waals surface area (Å²) in [5, 5.41) is 21.3. The number of aliphatic hydroxyl groups is 2. The lowest BCUT2D eigenvalue weighted by Crippen LogP contribution is -2.40. The highest BCUT2D eigenvalue weighted by Crippen LogP contribution is 2.36. The molecule has 2 N–H and O–H groups in total. The maximum Gasteiger partial charge on any atom is 0.311 e. The Morgan fingerprint density at radius 2 is 1.75 bits per heavy atom. The zero-order valence-corrected chi connectivity index (χ0v) is 18.1. The summed E-state index contributed by atoms with van der Waals surface area (Å²) in [6.45, 7) is 10.8. The van der Waals surface area contributed by atoms with Gasteiger partial charge in [-0.15, -0.1) is 0 Å². The number of hydrogen-bond acceptors (Lipinski definition) is 5. The van der Waals surface area contributed by atoms with Gasteiger partial charge in [0.05, 0.1) is 18.1 Å². The average Bonchev–Trinajstić information content (AvgIpc) is 2.95. The van der Waals surface area contributed by atoms with Crippen molar-refractivity contribution in [1.82, 2.24) is 4.90 Å². The third-order valence-corrected chi connectivity index (χ3v) is 6.12. The summed E-state index contributed by atoms with van der Waals surface area (Å²) < 4.78 is 5.70. The molecule has 5 atom stereocenters. The Kier molecular flexibility index (Phi) is 9.19. The predicted molar refractivity (Wildman–Crippen MR) is 112 cm³/mol. The molecule has 0 radical (unpaired) electrons. The van der Waals surface area contributed by atoms with Crippen LogP contribution in [0.3, 0.4) is 0 Å². The fourth-order valence-corrected chi connectivity index (χ4v) is 4.24. The Morgan fingerprint density at radius 3 is 2.36 bits per heavy atom. The van der Waals surface area contributed by atoms with Gasteiger partial charge >= 0.3 is 5.97 Å². The van der Waals surface area contributed by atoms with Gasteiger partial charge < -0.3 is 19.8 Å². The van der Waals surface area contributed by atoms with E-state index in [-0.39, 0.29) is 17.8 Å². The highest BCUT2D eigenvalue weighted by Gasteiger charge is 2.47. The van der Waals surface area contributed by atoms with Gasteiger partial charge in [0.1, 0.15) is 6.10 Å². The number of carbonyl (C=O) groups is 1. The minimum Gasteiger partial charge on any atom is -0.457 e. The Labute approximate surface area is 170 Å². The number of unbranched alkanes of at least 4 members (excludes halogenated alkanes) is 2. The van der Waals surface area contributed by atoms with Crippen LogP contribution in [0.4, 0.5) is 0 Å². The molecule has 1 fully saturated rings. The van der Waals surface area contributed by atoms with E-state index < -0.39 is 18.3 Å². The molecule has 0 saturated carbocycles. The maximum atomic E-state index is 12.8. The number of rotatable bonds is 8. The summed E-state index contributed by atoms with van der Waals surface area (Å²) in [5.74, 6) is -0.886. The molecule has 1 aliphatic carbocycles. The van der Waals surface area contributed by atoms with Crippen LogP contribution < -0.4 is 0 Å². The van der Waals surface area contributed by atoms with Crippen LogP contribution >= 0.6 is 0 Å². The van der Waals surface area contributed by atoms with E-state index in [0.29, 0.717) is 13.0 Å². The number of ether oxygens (including phenoxy) is 1. The van der Waals surface area contributed by atoms with Crippen molar-refractivity contribution in [1.29, 1.82) is 0 Å². The van der Waals surface area contributed by atoms with E-state index >= 15 is 0 Å². The first-order valence-electron chi connectivity index (χ1n) is 11.0. The van der Waals surface area contributed by atoms with Crippen LogP contribution in [0.25, 0.3) is 0 Å². The largest absolute Gasteiger partial charge is 0.457 e. The first-order valence-corrected chi connectivity index (χ1v) is 11.0. The van der Waals surface area contributed by atoms with Gasteiger partial charge in [-0.1, -0.05) is 38.3 Å². The normalized spacial score (nSPS) is 35.0. The Morgan fingerprint density at radius 1 is 1.11 bits per heavy atom. The van der Waals surface area contributed by atoms with Crippen molar-refractivity contribution in [3.63, 3.8) is 0 Å². The molecule has 5 heteroatoms. The van der Waals surface area contributed by atoms with Gasteiger partial charge in [0.25, 0.3) is 0 Å². The summed E-state index contributed by atoms with van der Waals surface area (Å²) in [4.78, 5) is 15.1. The van der Waals surface area contributed by atoms with Crippen LogP contribution in [-0.2, 0) is 9.53 Å². The second kappa shape index (κ2) is 11.1. The van der Waals surface area contributed by atoms with Gasteiger partial charge in [0.15, 0.2) is 0 Å². The van der Waals surface area contributed by atoms with Crippen LogP contribution in [0.1, 0.15) is 66.2 Å². The summed E-state index contributed by atoms with van der Waals surface area (Å²) in [5.41, 5.74) is 1.87. The lowest BCUT2D eigenvalue weighted by molar-refractivity contribution is -0.143. The van der Waals surface area contributed by atoms with Crippen LogP contribution in [0, 0.1) is 11.8 Å². The monoisotopic (exact) mass is 393 g/mol. The van der Waals surface area contributed by atoms with Crippen molar-refractivity contribution in [3.05, 3.63) is 23.3 Å². The SMILES string of the molecule is CCCCN(CCCC)CC1C(=O)O[C@H]2/C=C(\C)[C@@H](O)CC/C(C)=C/[C@@H](O)C12. The van der Waals surface area contributed by atoms with E-state index in [0.717, 1.165) is 56.3 Å². The van der Waals surface area contributed by atoms with E-state index in [1.54, 1.807) is 0 Å². The van der Waals surface area contributed by atoms with E-state index in [1.165, 1.54) is 0 Å². The zero-order valence-electron chi connectivity index (χ0n) is 18.1. The summed E-state index contributed by atoms with van der Waals surface area (Å²) >= 11 is 0. The van der Waals surface area contributed by atoms with E-state index in [4.69, 9.17) is 4.74 Å².